The second-order valence-corrected chi connectivity index (χ2v) is 7.95. The molecule has 0 unspecified atom stereocenters. The van der Waals surface area contributed by atoms with Crippen LogP contribution in [0.2, 0.25) is 0 Å². The molecule has 29 heavy (non-hydrogen) atoms. The van der Waals surface area contributed by atoms with Gasteiger partial charge in [0.2, 0.25) is 5.91 Å². The smallest absolute Gasteiger partial charge is 0.277 e. The second-order valence-electron chi connectivity index (χ2n) is 6.66. The van der Waals surface area contributed by atoms with E-state index in [0.717, 1.165) is 43.2 Å². The molecule has 1 atom stereocenters. The highest BCUT2D eigenvalue weighted by atomic mass is 32.2. The van der Waals surface area contributed by atoms with E-state index in [1.54, 1.807) is 19.3 Å². The first kappa shape index (κ1) is 19.5. The predicted molar refractivity (Wildman–Crippen MR) is 110 cm³/mol. The minimum absolute atomic E-state index is 0.131. The van der Waals surface area contributed by atoms with Crippen LogP contribution < -0.4 is 10.2 Å². The largest absolute Gasteiger partial charge is 0.469 e. The molecule has 0 radical (unpaired) electrons. The Kier molecular flexibility index (Phi) is 5.86. The van der Waals surface area contributed by atoms with Gasteiger partial charge in [0, 0.05) is 24.5 Å². The Bertz CT molecular complexity index is 963. The lowest BCUT2D eigenvalue weighted by Gasteiger charge is -2.28. The van der Waals surface area contributed by atoms with Crippen LogP contribution in [0, 0.1) is 6.92 Å². The monoisotopic (exact) mass is 414 g/mol. The average Bonchev–Trinajstić information content (AvgIpc) is 3.37. The average molecular weight is 414 g/mol. The van der Waals surface area contributed by atoms with E-state index < -0.39 is 5.25 Å². The van der Waals surface area contributed by atoms with Gasteiger partial charge in [0.05, 0.1) is 30.3 Å². The molecule has 1 amide bonds. The van der Waals surface area contributed by atoms with Crippen molar-refractivity contribution in [3.05, 3.63) is 42.4 Å². The molecule has 4 rings (SSSR count). The number of carbonyl (C=O) groups is 1. The number of anilines is 2. The van der Waals surface area contributed by atoms with Gasteiger partial charge in [-0.15, -0.1) is 10.2 Å². The van der Waals surface area contributed by atoms with E-state index in [9.17, 15) is 4.79 Å². The number of thioether (sulfide) groups is 1. The molecule has 1 aliphatic heterocycles. The summed E-state index contributed by atoms with van der Waals surface area (Å²) < 4.78 is 16.3. The Morgan fingerprint density at radius 3 is 2.62 bits per heavy atom. The number of nitrogens with zero attached hydrogens (tertiary/aromatic N) is 3. The van der Waals surface area contributed by atoms with Gasteiger partial charge in [-0.25, -0.2) is 0 Å². The molecule has 152 valence electrons. The van der Waals surface area contributed by atoms with Crippen molar-refractivity contribution in [3.8, 4) is 11.5 Å². The van der Waals surface area contributed by atoms with Crippen LogP contribution in [0.15, 0.2) is 50.7 Å². The van der Waals surface area contributed by atoms with E-state index >= 15 is 0 Å². The molecule has 8 nitrogen and oxygen atoms in total. The van der Waals surface area contributed by atoms with E-state index in [4.69, 9.17) is 13.6 Å². The van der Waals surface area contributed by atoms with Gasteiger partial charge in [-0.1, -0.05) is 11.8 Å². The van der Waals surface area contributed by atoms with Gasteiger partial charge in [-0.05, 0) is 44.2 Å². The number of hydrogen-bond donors (Lipinski definition) is 1. The highest BCUT2D eigenvalue weighted by Crippen LogP contribution is 2.29. The van der Waals surface area contributed by atoms with E-state index in [0.29, 0.717) is 16.9 Å². The molecule has 1 aromatic carbocycles. The summed E-state index contributed by atoms with van der Waals surface area (Å²) in [5, 5.41) is 10.9. The zero-order valence-electron chi connectivity index (χ0n) is 16.3. The zero-order chi connectivity index (χ0) is 20.2. The topological polar surface area (TPSA) is 93.6 Å². The van der Waals surface area contributed by atoms with Gasteiger partial charge < -0.3 is 23.8 Å². The summed E-state index contributed by atoms with van der Waals surface area (Å²) in [5.41, 5.74) is 2.63. The fraction of sp³-hybridized carbons (Fsp3) is 0.350. The van der Waals surface area contributed by atoms with Crippen molar-refractivity contribution < 1.29 is 18.4 Å². The number of morpholine rings is 1. The van der Waals surface area contributed by atoms with Crippen molar-refractivity contribution in [2.45, 2.75) is 24.3 Å². The van der Waals surface area contributed by atoms with Gasteiger partial charge in [0.25, 0.3) is 11.1 Å². The normalized spacial score (nSPS) is 15.3. The van der Waals surface area contributed by atoms with E-state index in [1.165, 1.54) is 11.8 Å². The summed E-state index contributed by atoms with van der Waals surface area (Å²) in [7, 11) is 0. The predicted octanol–water partition coefficient (Wildman–Crippen LogP) is 3.59. The van der Waals surface area contributed by atoms with Crippen LogP contribution in [-0.4, -0.2) is 47.7 Å². The number of carbonyl (C=O) groups excluding carboxylic acids is 1. The third-order valence-electron chi connectivity index (χ3n) is 4.65. The summed E-state index contributed by atoms with van der Waals surface area (Å²) in [6.45, 7) is 6.87. The first-order valence-corrected chi connectivity index (χ1v) is 10.3. The summed E-state index contributed by atoms with van der Waals surface area (Å²) in [5.74, 6) is 0.954. The van der Waals surface area contributed by atoms with E-state index in [2.05, 4.69) is 20.4 Å². The number of rotatable bonds is 6. The summed E-state index contributed by atoms with van der Waals surface area (Å²) in [6, 6.07) is 9.61. The Morgan fingerprint density at radius 2 is 1.93 bits per heavy atom. The molecule has 0 aliphatic carbocycles. The first-order valence-electron chi connectivity index (χ1n) is 9.38. The van der Waals surface area contributed by atoms with Crippen LogP contribution in [0.3, 0.4) is 0 Å². The van der Waals surface area contributed by atoms with E-state index in [-0.39, 0.29) is 5.91 Å². The number of hydrogen-bond acceptors (Lipinski definition) is 8. The summed E-state index contributed by atoms with van der Waals surface area (Å²) in [6.07, 6.45) is 1.57. The number of aryl methyl sites for hydroxylation is 1. The van der Waals surface area contributed by atoms with Gasteiger partial charge in [0.1, 0.15) is 5.76 Å². The van der Waals surface area contributed by atoms with Crippen molar-refractivity contribution >= 4 is 29.0 Å². The van der Waals surface area contributed by atoms with Gasteiger partial charge >= 0.3 is 0 Å². The molecular weight excluding hydrogens is 392 g/mol. The van der Waals surface area contributed by atoms with Crippen LogP contribution >= 0.6 is 11.8 Å². The molecule has 1 fully saturated rings. The number of aromatic nitrogens is 2. The van der Waals surface area contributed by atoms with Crippen LogP contribution in [-0.2, 0) is 9.53 Å². The van der Waals surface area contributed by atoms with Crippen LogP contribution in [0.4, 0.5) is 11.4 Å². The number of furan rings is 1. The van der Waals surface area contributed by atoms with Crippen molar-refractivity contribution in [1.82, 2.24) is 10.2 Å². The lowest BCUT2D eigenvalue weighted by molar-refractivity contribution is -0.115. The molecular formula is C20H22N4O4S. The number of amides is 1. The molecule has 3 heterocycles. The molecule has 0 bridgehead atoms. The van der Waals surface area contributed by atoms with Crippen molar-refractivity contribution in [2.75, 3.05) is 36.5 Å². The minimum Gasteiger partial charge on any atom is -0.469 e. The fourth-order valence-corrected chi connectivity index (χ4v) is 3.68. The Hall–Kier alpha value is -2.78. The third kappa shape index (κ3) is 4.63. The molecule has 3 aromatic rings. The first-order chi connectivity index (χ1) is 14.1. The zero-order valence-corrected chi connectivity index (χ0v) is 17.1. The van der Waals surface area contributed by atoms with Crippen LogP contribution in [0.5, 0.6) is 0 Å². The molecule has 1 aliphatic rings. The Balaban J connectivity index is 1.33. The molecule has 0 spiro atoms. The highest BCUT2D eigenvalue weighted by Gasteiger charge is 2.20. The second kappa shape index (κ2) is 8.71. The van der Waals surface area contributed by atoms with Gasteiger partial charge in [-0.2, -0.15) is 0 Å². The fourth-order valence-electron chi connectivity index (χ4n) is 3.00. The van der Waals surface area contributed by atoms with Crippen LogP contribution in [0.1, 0.15) is 12.7 Å². The Labute approximate surface area is 172 Å². The molecule has 9 heteroatoms. The number of ether oxygens (including phenoxy) is 1. The maximum atomic E-state index is 12.5. The number of benzene rings is 1. The quantitative estimate of drug-likeness (QED) is 0.612. The molecule has 1 saturated heterocycles. The Morgan fingerprint density at radius 1 is 1.17 bits per heavy atom. The lowest BCUT2D eigenvalue weighted by Crippen LogP contribution is -2.36. The van der Waals surface area contributed by atoms with Crippen molar-refractivity contribution in [2.24, 2.45) is 0 Å². The summed E-state index contributed by atoms with van der Waals surface area (Å²) >= 11 is 1.22. The third-order valence-corrected chi connectivity index (χ3v) is 5.59. The van der Waals surface area contributed by atoms with Gasteiger partial charge in [0.15, 0.2) is 0 Å². The van der Waals surface area contributed by atoms with Crippen molar-refractivity contribution in [1.29, 1.82) is 0 Å². The van der Waals surface area contributed by atoms with Crippen LogP contribution in [0.25, 0.3) is 11.5 Å². The highest BCUT2D eigenvalue weighted by molar-refractivity contribution is 8.00. The SMILES string of the molecule is Cc1occc1-c1nnc(S[C@@H](C)C(=O)Nc2ccc(N3CCOCC3)cc2)o1. The van der Waals surface area contributed by atoms with E-state index in [1.807, 2.05) is 31.2 Å². The standard InChI is InChI=1S/C20H22N4O4S/c1-13-17(7-10-27-13)19-22-23-20(28-19)29-14(2)18(25)21-15-3-5-16(6-4-15)24-8-11-26-12-9-24/h3-7,10,14H,8-9,11-12H2,1-2H3,(H,21,25)/t14-/m0/s1. The molecule has 0 saturated carbocycles. The number of nitrogens with one attached hydrogen (secondary N) is 1. The lowest BCUT2D eigenvalue weighted by atomic mass is 10.2. The molecule has 1 N–H and O–H groups in total. The summed E-state index contributed by atoms with van der Waals surface area (Å²) in [4.78, 5) is 14.8. The van der Waals surface area contributed by atoms with Crippen molar-refractivity contribution in [3.63, 3.8) is 0 Å². The molecule has 2 aromatic heterocycles. The van der Waals surface area contributed by atoms with Gasteiger partial charge in [-0.3, -0.25) is 4.79 Å². The minimum atomic E-state index is -0.396. The maximum absolute atomic E-state index is 12.5. The maximum Gasteiger partial charge on any atom is 0.277 e.